The highest BCUT2D eigenvalue weighted by atomic mass is 32.2. The Kier molecular flexibility index (Phi) is 6.91. The molecule has 2 aromatic carbocycles. The molecule has 1 fully saturated rings. The number of nitrogens with one attached hydrogen (secondary N) is 2. The van der Waals surface area contributed by atoms with Gasteiger partial charge in [0.2, 0.25) is 11.8 Å². The third-order valence-electron chi connectivity index (χ3n) is 4.57. The minimum absolute atomic E-state index is 0.178. The van der Waals surface area contributed by atoms with E-state index >= 15 is 0 Å². The molecule has 1 saturated heterocycles. The zero-order valence-corrected chi connectivity index (χ0v) is 18.3. The van der Waals surface area contributed by atoms with Gasteiger partial charge in [-0.05, 0) is 59.1 Å². The van der Waals surface area contributed by atoms with Crippen LogP contribution in [0.25, 0.3) is 6.08 Å². The maximum Gasteiger partial charge on any atom is 0.294 e. The number of anilines is 2. The average Bonchev–Trinajstić information content (AvgIpc) is 2.97. The lowest BCUT2D eigenvalue weighted by Crippen LogP contribution is -2.36. The first-order chi connectivity index (χ1) is 14.7. The summed E-state index contributed by atoms with van der Waals surface area (Å²) in [5.41, 5.74) is 3.10. The number of nitrogens with zero attached hydrogens (tertiary/aromatic N) is 1. The van der Waals surface area contributed by atoms with E-state index in [1.807, 2.05) is 12.1 Å². The minimum atomic E-state index is -0.508. The Morgan fingerprint density at radius 1 is 0.968 bits per heavy atom. The summed E-state index contributed by atoms with van der Waals surface area (Å²) in [6, 6.07) is 14.3. The van der Waals surface area contributed by atoms with Crippen LogP contribution in [0.1, 0.15) is 37.8 Å². The van der Waals surface area contributed by atoms with Crippen molar-refractivity contribution in [3.05, 3.63) is 64.6 Å². The van der Waals surface area contributed by atoms with Gasteiger partial charge in [0.05, 0.1) is 4.91 Å². The summed E-state index contributed by atoms with van der Waals surface area (Å²) >= 11 is 0.794. The molecule has 0 aliphatic carbocycles. The Hall–Kier alpha value is -3.39. The van der Waals surface area contributed by atoms with Crippen molar-refractivity contribution in [3.63, 3.8) is 0 Å². The molecule has 0 aromatic heterocycles. The number of imide groups is 1. The van der Waals surface area contributed by atoms with E-state index in [2.05, 4.69) is 24.5 Å². The predicted octanol–water partition coefficient (Wildman–Crippen LogP) is 4.44. The topological polar surface area (TPSA) is 95.6 Å². The number of thioether (sulfide) groups is 1. The lowest BCUT2D eigenvalue weighted by Gasteiger charge is -2.13. The first kappa shape index (κ1) is 22.3. The normalized spacial score (nSPS) is 15.0. The van der Waals surface area contributed by atoms with Crippen LogP contribution in [0.2, 0.25) is 0 Å². The highest BCUT2D eigenvalue weighted by Gasteiger charge is 2.36. The van der Waals surface area contributed by atoms with Crippen LogP contribution in [0.5, 0.6) is 0 Å². The molecule has 0 unspecified atom stereocenters. The lowest BCUT2D eigenvalue weighted by atomic mass is 10.0. The Balaban J connectivity index is 1.63. The summed E-state index contributed by atoms with van der Waals surface area (Å²) in [7, 11) is 0. The van der Waals surface area contributed by atoms with E-state index < -0.39 is 17.1 Å². The molecule has 0 spiro atoms. The van der Waals surface area contributed by atoms with Gasteiger partial charge in [-0.25, -0.2) is 0 Å². The Morgan fingerprint density at radius 2 is 1.55 bits per heavy atom. The summed E-state index contributed by atoms with van der Waals surface area (Å²) in [5.74, 6) is -0.747. The molecular weight excluding hydrogens is 414 g/mol. The number of hydrogen-bond donors (Lipinski definition) is 2. The molecule has 0 radical (unpaired) electrons. The predicted molar refractivity (Wildman–Crippen MR) is 123 cm³/mol. The second-order valence-electron chi connectivity index (χ2n) is 7.40. The largest absolute Gasteiger partial charge is 0.326 e. The zero-order valence-electron chi connectivity index (χ0n) is 17.5. The Labute approximate surface area is 184 Å². The van der Waals surface area contributed by atoms with E-state index in [0.717, 1.165) is 22.2 Å². The highest BCUT2D eigenvalue weighted by Crippen LogP contribution is 2.32. The molecule has 8 heteroatoms. The van der Waals surface area contributed by atoms with Crippen LogP contribution in [0.3, 0.4) is 0 Å². The highest BCUT2D eigenvalue weighted by molar-refractivity contribution is 8.18. The standard InChI is InChI=1S/C23H23N3O4S/c1-14(2)17-6-10-19(11-7-17)25-21(28)13-26-22(29)20(31-23(26)30)12-16-4-8-18(9-5-16)24-15(3)27/h4-12,14H,13H2,1-3H3,(H,24,27)(H,25,28)/b20-12-. The van der Waals surface area contributed by atoms with Gasteiger partial charge in [-0.15, -0.1) is 0 Å². The molecule has 1 heterocycles. The van der Waals surface area contributed by atoms with E-state index in [9.17, 15) is 19.2 Å². The Morgan fingerprint density at radius 3 is 2.13 bits per heavy atom. The summed E-state index contributed by atoms with van der Waals surface area (Å²) in [5, 5.41) is 4.88. The van der Waals surface area contributed by atoms with Crippen LogP contribution in [0.15, 0.2) is 53.4 Å². The van der Waals surface area contributed by atoms with E-state index in [1.165, 1.54) is 6.92 Å². The number of carbonyl (C=O) groups excluding carboxylic acids is 4. The number of rotatable bonds is 6. The molecule has 3 rings (SSSR count). The van der Waals surface area contributed by atoms with Gasteiger partial charge in [0.25, 0.3) is 11.1 Å². The maximum atomic E-state index is 12.6. The third-order valence-corrected chi connectivity index (χ3v) is 5.47. The number of hydrogen-bond acceptors (Lipinski definition) is 5. The second kappa shape index (κ2) is 9.61. The summed E-state index contributed by atoms with van der Waals surface area (Å²) < 4.78 is 0. The molecular formula is C23H23N3O4S. The molecule has 0 bridgehead atoms. The van der Waals surface area contributed by atoms with E-state index in [4.69, 9.17) is 0 Å². The molecule has 4 amide bonds. The van der Waals surface area contributed by atoms with Crippen molar-refractivity contribution in [1.82, 2.24) is 4.90 Å². The van der Waals surface area contributed by atoms with Crippen molar-refractivity contribution in [1.29, 1.82) is 0 Å². The first-order valence-corrected chi connectivity index (χ1v) is 10.6. The summed E-state index contributed by atoms with van der Waals surface area (Å²) in [6.45, 7) is 5.23. The van der Waals surface area contributed by atoms with Gasteiger partial charge >= 0.3 is 0 Å². The second-order valence-corrected chi connectivity index (χ2v) is 8.39. The van der Waals surface area contributed by atoms with Crippen molar-refractivity contribution in [2.45, 2.75) is 26.7 Å². The molecule has 160 valence electrons. The van der Waals surface area contributed by atoms with Crippen molar-refractivity contribution < 1.29 is 19.2 Å². The van der Waals surface area contributed by atoms with Gasteiger partial charge in [-0.1, -0.05) is 38.1 Å². The molecule has 7 nitrogen and oxygen atoms in total. The minimum Gasteiger partial charge on any atom is -0.326 e. The fourth-order valence-corrected chi connectivity index (χ4v) is 3.79. The Bertz CT molecular complexity index is 1040. The van der Waals surface area contributed by atoms with Gasteiger partial charge < -0.3 is 10.6 Å². The quantitative estimate of drug-likeness (QED) is 0.651. The van der Waals surface area contributed by atoms with Crippen LogP contribution in [-0.2, 0) is 14.4 Å². The molecule has 1 aliphatic rings. The van der Waals surface area contributed by atoms with Gasteiger partial charge in [0.1, 0.15) is 6.54 Å². The van der Waals surface area contributed by atoms with Crippen LogP contribution >= 0.6 is 11.8 Å². The van der Waals surface area contributed by atoms with Crippen LogP contribution < -0.4 is 10.6 Å². The average molecular weight is 438 g/mol. The van der Waals surface area contributed by atoms with Gasteiger partial charge in [0.15, 0.2) is 0 Å². The summed E-state index contributed by atoms with van der Waals surface area (Å²) in [4.78, 5) is 49.5. The molecule has 31 heavy (non-hydrogen) atoms. The molecule has 0 saturated carbocycles. The summed E-state index contributed by atoms with van der Waals surface area (Å²) in [6.07, 6.45) is 1.59. The maximum absolute atomic E-state index is 12.6. The van der Waals surface area contributed by atoms with Crippen LogP contribution in [0, 0.1) is 0 Å². The molecule has 1 aliphatic heterocycles. The van der Waals surface area contributed by atoms with Crippen molar-refractivity contribution >= 4 is 52.2 Å². The van der Waals surface area contributed by atoms with Gasteiger partial charge in [-0.3, -0.25) is 24.1 Å². The van der Waals surface area contributed by atoms with Crippen molar-refractivity contribution in [3.8, 4) is 0 Å². The molecule has 2 N–H and O–H groups in total. The van der Waals surface area contributed by atoms with Crippen LogP contribution in [0.4, 0.5) is 16.2 Å². The number of amides is 4. The van der Waals surface area contributed by atoms with E-state index in [0.29, 0.717) is 22.9 Å². The van der Waals surface area contributed by atoms with Crippen LogP contribution in [-0.4, -0.2) is 34.4 Å². The third kappa shape index (κ3) is 5.82. The van der Waals surface area contributed by atoms with E-state index in [1.54, 1.807) is 42.5 Å². The first-order valence-electron chi connectivity index (χ1n) is 9.76. The van der Waals surface area contributed by atoms with Gasteiger partial charge in [-0.2, -0.15) is 0 Å². The molecule has 0 atom stereocenters. The fourth-order valence-electron chi connectivity index (χ4n) is 2.95. The number of benzene rings is 2. The molecule has 2 aromatic rings. The lowest BCUT2D eigenvalue weighted by molar-refractivity contribution is -0.127. The monoisotopic (exact) mass is 437 g/mol. The SMILES string of the molecule is CC(=O)Nc1ccc(/C=C2\SC(=O)N(CC(=O)Nc3ccc(C(C)C)cc3)C2=O)cc1. The van der Waals surface area contributed by atoms with Gasteiger partial charge in [0, 0.05) is 18.3 Å². The number of carbonyl (C=O) groups is 4. The van der Waals surface area contributed by atoms with Crippen molar-refractivity contribution in [2.75, 3.05) is 17.2 Å². The smallest absolute Gasteiger partial charge is 0.294 e. The van der Waals surface area contributed by atoms with Crippen molar-refractivity contribution in [2.24, 2.45) is 0 Å². The fraction of sp³-hybridized carbons (Fsp3) is 0.217. The van der Waals surface area contributed by atoms with E-state index in [-0.39, 0.29) is 17.4 Å². The zero-order chi connectivity index (χ0) is 22.5.